The summed E-state index contributed by atoms with van der Waals surface area (Å²) in [5.41, 5.74) is 0. The molecule has 0 bridgehead atoms. The molecule has 0 nitrogen and oxygen atoms in total. The molecule has 3 atom stereocenters. The molecule has 80 valence electrons. The molecule has 0 heterocycles. The van der Waals surface area contributed by atoms with Gasteiger partial charge in [0.05, 0.1) is 0 Å². The first-order valence-corrected chi connectivity index (χ1v) is 8.35. The average Bonchev–Trinajstić information content (AvgIpc) is 2.27. The van der Waals surface area contributed by atoms with Gasteiger partial charge in [0.15, 0.2) is 0 Å². The minimum absolute atomic E-state index is 0.416. The third-order valence-electron chi connectivity index (χ3n) is 2.15. The molecule has 3 unspecified atom stereocenters. The second-order valence-corrected chi connectivity index (χ2v) is 7.17. The van der Waals surface area contributed by atoms with Crippen LogP contribution in [0, 0.1) is 5.92 Å². The molecule has 0 aliphatic heterocycles. The van der Waals surface area contributed by atoms with Crippen LogP contribution in [0.1, 0.15) is 6.42 Å². The molecule has 1 aliphatic carbocycles. The number of halogens is 4. The topological polar surface area (TPSA) is 0 Å². The quantitative estimate of drug-likeness (QED) is 0.425. The van der Waals surface area contributed by atoms with Crippen molar-refractivity contribution >= 4 is 63.7 Å². The Morgan fingerprint density at radius 1 is 1.14 bits per heavy atom. The van der Waals surface area contributed by atoms with Crippen LogP contribution in [0.5, 0.6) is 0 Å². The second kappa shape index (κ2) is 6.87. The summed E-state index contributed by atoms with van der Waals surface area (Å²) in [7, 11) is 0. The molecule has 0 aromatic carbocycles. The Balaban J connectivity index is 2.54. The van der Waals surface area contributed by atoms with E-state index in [2.05, 4.69) is 88.0 Å². The van der Waals surface area contributed by atoms with Crippen molar-refractivity contribution in [3.8, 4) is 0 Å². The van der Waals surface area contributed by atoms with Crippen LogP contribution in [-0.2, 0) is 0 Å². The van der Waals surface area contributed by atoms with Crippen molar-refractivity contribution in [1.82, 2.24) is 0 Å². The summed E-state index contributed by atoms with van der Waals surface area (Å²) < 4.78 is 0. The van der Waals surface area contributed by atoms with Gasteiger partial charge in [0, 0.05) is 25.7 Å². The van der Waals surface area contributed by atoms with Crippen LogP contribution >= 0.6 is 63.7 Å². The van der Waals surface area contributed by atoms with E-state index in [1.807, 2.05) is 0 Å². The van der Waals surface area contributed by atoms with Crippen molar-refractivity contribution in [1.29, 1.82) is 0 Å². The van der Waals surface area contributed by atoms with Crippen molar-refractivity contribution in [2.45, 2.75) is 20.9 Å². The Hall–Kier alpha value is 1.40. The molecule has 0 saturated heterocycles. The Morgan fingerprint density at radius 3 is 2.21 bits per heavy atom. The van der Waals surface area contributed by atoms with Crippen molar-refractivity contribution in [2.24, 2.45) is 5.92 Å². The van der Waals surface area contributed by atoms with Crippen LogP contribution < -0.4 is 0 Å². The summed E-state index contributed by atoms with van der Waals surface area (Å²) in [6.07, 6.45) is 10.0. The molecule has 0 saturated carbocycles. The molecule has 0 N–H and O–H groups in total. The van der Waals surface area contributed by atoms with E-state index in [0.717, 1.165) is 11.8 Å². The Morgan fingerprint density at radius 2 is 1.71 bits per heavy atom. The smallest absolute Gasteiger partial charge is 0.0413 e. The van der Waals surface area contributed by atoms with Gasteiger partial charge in [0.25, 0.3) is 0 Å². The molecule has 1 aliphatic rings. The molecule has 1 rings (SSSR count). The van der Waals surface area contributed by atoms with Crippen molar-refractivity contribution in [3.63, 3.8) is 0 Å². The third-order valence-corrected chi connectivity index (χ3v) is 8.42. The first-order valence-electron chi connectivity index (χ1n) is 4.48. The first kappa shape index (κ1) is 13.5. The lowest BCUT2D eigenvalue weighted by molar-refractivity contribution is 0.702. The van der Waals surface area contributed by atoms with Crippen molar-refractivity contribution in [3.05, 3.63) is 24.3 Å². The SMILES string of the molecule is BrCC(Br)C(Br)C(Br)C1C=CCC=C1. The van der Waals surface area contributed by atoms with E-state index in [9.17, 15) is 0 Å². The van der Waals surface area contributed by atoms with E-state index in [1.54, 1.807) is 0 Å². The lowest BCUT2D eigenvalue weighted by Crippen LogP contribution is -2.30. The molecular formula is C10H12Br4. The highest BCUT2D eigenvalue weighted by atomic mass is 79.9. The first-order chi connectivity index (χ1) is 6.66. The van der Waals surface area contributed by atoms with Gasteiger partial charge in [-0.1, -0.05) is 88.0 Å². The maximum absolute atomic E-state index is 3.75. The normalized spacial score (nSPS) is 23.4. The minimum Gasteiger partial charge on any atom is -0.0916 e. The van der Waals surface area contributed by atoms with Gasteiger partial charge in [-0.15, -0.1) is 0 Å². The van der Waals surface area contributed by atoms with Crippen molar-refractivity contribution in [2.75, 3.05) is 5.33 Å². The highest BCUT2D eigenvalue weighted by molar-refractivity contribution is 9.14. The maximum atomic E-state index is 3.75. The molecule has 0 fully saturated rings. The number of hydrogen-bond acceptors (Lipinski definition) is 0. The zero-order valence-electron chi connectivity index (χ0n) is 7.54. The summed E-state index contributed by atoms with van der Waals surface area (Å²) in [4.78, 5) is 1.28. The van der Waals surface area contributed by atoms with Gasteiger partial charge < -0.3 is 0 Å². The fraction of sp³-hybridized carbons (Fsp3) is 0.600. The fourth-order valence-corrected chi connectivity index (χ4v) is 4.23. The van der Waals surface area contributed by atoms with Crippen LogP contribution in [0.4, 0.5) is 0 Å². The highest BCUT2D eigenvalue weighted by Gasteiger charge is 2.27. The number of allylic oxidation sites excluding steroid dienone is 4. The van der Waals surface area contributed by atoms with Crippen molar-refractivity contribution < 1.29 is 0 Å². The molecule has 0 radical (unpaired) electrons. The van der Waals surface area contributed by atoms with Crippen LogP contribution in [0.2, 0.25) is 0 Å². The van der Waals surface area contributed by atoms with Gasteiger partial charge in [0.2, 0.25) is 0 Å². The molecule has 4 heteroatoms. The largest absolute Gasteiger partial charge is 0.0916 e. The molecule has 0 aromatic heterocycles. The van der Waals surface area contributed by atoms with Gasteiger partial charge in [-0.3, -0.25) is 0 Å². The molecule has 0 aromatic rings. The summed E-state index contributed by atoms with van der Waals surface area (Å²) in [5.74, 6) is 0.493. The number of alkyl halides is 4. The lowest BCUT2D eigenvalue weighted by atomic mass is 9.97. The Kier molecular flexibility index (Phi) is 6.61. The highest BCUT2D eigenvalue weighted by Crippen LogP contribution is 2.31. The van der Waals surface area contributed by atoms with Gasteiger partial charge in [-0.05, 0) is 6.42 Å². The van der Waals surface area contributed by atoms with E-state index < -0.39 is 0 Å². The predicted octanol–water partition coefficient (Wildman–Crippen LogP) is 4.80. The standard InChI is InChI=1S/C10H12Br4/c11-6-8(12)10(14)9(13)7-4-2-1-3-5-7/h2-5,7-10H,1,6H2. The molecular weight excluding hydrogens is 440 g/mol. The summed E-state index contributed by atoms with van der Waals surface area (Å²) in [6, 6.07) is 0. The van der Waals surface area contributed by atoms with E-state index in [1.165, 1.54) is 0 Å². The Bertz CT molecular complexity index is 212. The van der Waals surface area contributed by atoms with Crippen LogP contribution in [-0.4, -0.2) is 19.8 Å². The predicted molar refractivity (Wildman–Crippen MR) is 78.3 cm³/mol. The van der Waals surface area contributed by atoms with Crippen LogP contribution in [0.15, 0.2) is 24.3 Å². The zero-order chi connectivity index (χ0) is 10.6. The number of hydrogen-bond donors (Lipinski definition) is 0. The molecule has 0 amide bonds. The second-order valence-electron chi connectivity index (χ2n) is 3.23. The maximum Gasteiger partial charge on any atom is 0.0413 e. The van der Waals surface area contributed by atoms with E-state index in [4.69, 9.17) is 0 Å². The van der Waals surface area contributed by atoms with Gasteiger partial charge in [-0.2, -0.15) is 0 Å². The Labute approximate surface area is 119 Å². The lowest BCUT2D eigenvalue weighted by Gasteiger charge is -2.25. The van der Waals surface area contributed by atoms with Crippen LogP contribution in [0.25, 0.3) is 0 Å². The van der Waals surface area contributed by atoms with E-state index in [0.29, 0.717) is 20.4 Å². The van der Waals surface area contributed by atoms with Crippen LogP contribution in [0.3, 0.4) is 0 Å². The van der Waals surface area contributed by atoms with Gasteiger partial charge in [-0.25, -0.2) is 0 Å². The summed E-state index contributed by atoms with van der Waals surface area (Å²) >= 11 is 14.6. The van der Waals surface area contributed by atoms with Gasteiger partial charge in [0.1, 0.15) is 0 Å². The monoisotopic (exact) mass is 448 g/mol. The summed E-state index contributed by atoms with van der Waals surface area (Å²) in [6.45, 7) is 0. The van der Waals surface area contributed by atoms with E-state index >= 15 is 0 Å². The minimum atomic E-state index is 0.416. The third kappa shape index (κ3) is 3.76. The van der Waals surface area contributed by atoms with E-state index in [-0.39, 0.29) is 0 Å². The summed E-state index contributed by atoms with van der Waals surface area (Å²) in [5, 5.41) is 0.950. The number of rotatable bonds is 4. The molecule has 0 spiro atoms. The average molecular weight is 452 g/mol. The fourth-order valence-electron chi connectivity index (χ4n) is 1.32. The molecule has 14 heavy (non-hydrogen) atoms. The van der Waals surface area contributed by atoms with Gasteiger partial charge >= 0.3 is 0 Å². The zero-order valence-corrected chi connectivity index (χ0v) is 13.9.